The number of likely N-dealkylation sites (tertiary alicyclic amines) is 1. The Morgan fingerprint density at radius 3 is 2.36 bits per heavy atom. The van der Waals surface area contributed by atoms with E-state index in [1.54, 1.807) is 18.7 Å². The third-order valence-electron chi connectivity index (χ3n) is 11.8. The molecular formula is C43H61N7O8. The molecule has 2 fully saturated rings. The summed E-state index contributed by atoms with van der Waals surface area (Å²) in [6, 6.07) is 5.82. The predicted molar refractivity (Wildman–Crippen MR) is 213 cm³/mol. The summed E-state index contributed by atoms with van der Waals surface area (Å²) in [6.45, 7) is 9.96. The van der Waals surface area contributed by atoms with Crippen LogP contribution in [0.2, 0.25) is 0 Å². The molecule has 1 aromatic heterocycles. The second-order valence-corrected chi connectivity index (χ2v) is 17.1. The lowest BCUT2D eigenvalue weighted by Crippen LogP contribution is -2.55. The van der Waals surface area contributed by atoms with Gasteiger partial charge in [-0.25, -0.2) is 4.79 Å². The minimum absolute atomic E-state index is 0.0147. The highest BCUT2D eigenvalue weighted by molar-refractivity contribution is 6.38. The van der Waals surface area contributed by atoms with E-state index in [4.69, 9.17) is 4.74 Å². The van der Waals surface area contributed by atoms with Crippen LogP contribution in [0.15, 0.2) is 24.3 Å². The fourth-order valence-corrected chi connectivity index (χ4v) is 8.09. The van der Waals surface area contributed by atoms with Crippen LogP contribution >= 0.6 is 0 Å². The Balaban J connectivity index is 1.29. The first-order valence-electron chi connectivity index (χ1n) is 21.2. The van der Waals surface area contributed by atoms with Crippen LogP contribution in [0.3, 0.4) is 0 Å². The molecular weight excluding hydrogens is 743 g/mol. The number of unbranched alkanes of at least 4 members (excludes halogenated alkanes) is 1. The number of nitrogens with one attached hydrogen (secondary N) is 2. The van der Waals surface area contributed by atoms with Gasteiger partial charge >= 0.3 is 6.09 Å². The quantitative estimate of drug-likeness (QED) is 0.123. The standard InChI is InChI=1S/C43H61N7O8/c1-6-11-30(40(54)37(53)20-28-16-17-28)21-36(52)35-23-33(58-43(57)49-19-18-29-12-7-8-13-31(29)24-49)25-50(35)42(56)39(27(4)5)44-41(55)34(26(2)3)22-32(51)14-9-10-15-38-45-47-48-46-38/h7-8,12-13,26-28,30,33-35,39H,6,9-11,14-25H2,1-5H3,(H,44,55)(H,45,46,47,48)/t30?,33?,34-,35+,39+/m1/s1. The molecule has 1 aromatic carbocycles. The van der Waals surface area contributed by atoms with Gasteiger partial charge in [0, 0.05) is 63.5 Å². The summed E-state index contributed by atoms with van der Waals surface area (Å²) >= 11 is 0. The van der Waals surface area contributed by atoms with Crippen LogP contribution in [0.1, 0.15) is 122 Å². The zero-order chi connectivity index (χ0) is 41.9. The molecule has 3 amide bonds. The van der Waals surface area contributed by atoms with Crippen molar-refractivity contribution in [1.29, 1.82) is 0 Å². The number of H-pyrrole nitrogens is 1. The number of ether oxygens (including phenoxy) is 1. The van der Waals surface area contributed by atoms with E-state index in [2.05, 4.69) is 25.9 Å². The van der Waals surface area contributed by atoms with Crippen LogP contribution in [-0.2, 0) is 52.9 Å². The highest BCUT2D eigenvalue weighted by Crippen LogP contribution is 2.34. The van der Waals surface area contributed by atoms with Gasteiger partial charge in [-0.05, 0) is 67.4 Å². The number of ketones is 4. The number of rotatable bonds is 22. The molecule has 1 aliphatic carbocycles. The Bertz CT molecular complexity index is 1770. The molecule has 3 heterocycles. The fraction of sp³-hybridized carbons (Fsp3) is 0.674. The maximum absolute atomic E-state index is 14.6. The molecule has 58 heavy (non-hydrogen) atoms. The molecule has 5 atom stereocenters. The van der Waals surface area contributed by atoms with Crippen molar-refractivity contribution in [3.8, 4) is 0 Å². The number of aromatic nitrogens is 4. The van der Waals surface area contributed by atoms with Crippen LogP contribution in [0.4, 0.5) is 4.79 Å². The van der Waals surface area contributed by atoms with Crippen LogP contribution in [-0.4, -0.2) is 103 Å². The number of carbonyl (C=O) groups is 7. The van der Waals surface area contributed by atoms with Gasteiger partial charge in [0.05, 0.1) is 12.6 Å². The van der Waals surface area contributed by atoms with Crippen LogP contribution in [0, 0.1) is 29.6 Å². The van der Waals surface area contributed by atoms with Crippen molar-refractivity contribution in [2.45, 2.75) is 143 Å². The Morgan fingerprint density at radius 2 is 1.71 bits per heavy atom. The molecule has 5 rings (SSSR count). The smallest absolute Gasteiger partial charge is 0.410 e. The largest absolute Gasteiger partial charge is 0.444 e. The first kappa shape index (κ1) is 44.3. The van der Waals surface area contributed by atoms with E-state index in [0.717, 1.165) is 18.4 Å². The number of Topliss-reactive ketones (excluding diaryl/α,β-unsaturated/α-hetero) is 4. The van der Waals surface area contributed by atoms with Gasteiger partial charge in [-0.1, -0.05) is 70.5 Å². The van der Waals surface area contributed by atoms with E-state index in [0.29, 0.717) is 57.4 Å². The number of aromatic amines is 1. The summed E-state index contributed by atoms with van der Waals surface area (Å²) in [5.74, 6) is -3.67. The molecule has 2 N–H and O–H groups in total. The lowest BCUT2D eigenvalue weighted by Gasteiger charge is -2.32. The Kier molecular flexibility index (Phi) is 15.8. The van der Waals surface area contributed by atoms with Gasteiger partial charge in [0.2, 0.25) is 17.6 Å². The maximum atomic E-state index is 14.6. The number of carbonyl (C=O) groups excluding carboxylic acids is 7. The summed E-state index contributed by atoms with van der Waals surface area (Å²) < 4.78 is 5.99. The van der Waals surface area contributed by atoms with Crippen molar-refractivity contribution < 1.29 is 38.3 Å². The van der Waals surface area contributed by atoms with Crippen LogP contribution in [0.25, 0.3) is 0 Å². The van der Waals surface area contributed by atoms with Gasteiger partial charge in [0.1, 0.15) is 17.9 Å². The highest BCUT2D eigenvalue weighted by Gasteiger charge is 2.46. The second kappa shape index (κ2) is 20.7. The maximum Gasteiger partial charge on any atom is 0.410 e. The van der Waals surface area contributed by atoms with Crippen molar-refractivity contribution in [1.82, 2.24) is 35.7 Å². The third-order valence-corrected chi connectivity index (χ3v) is 11.8. The Labute approximate surface area is 341 Å². The number of aryl methyl sites for hydroxylation is 1. The number of hydrogen-bond donors (Lipinski definition) is 2. The predicted octanol–water partition coefficient (Wildman–Crippen LogP) is 4.76. The summed E-state index contributed by atoms with van der Waals surface area (Å²) in [4.78, 5) is 98.5. The first-order valence-corrected chi connectivity index (χ1v) is 21.2. The molecule has 2 aliphatic heterocycles. The summed E-state index contributed by atoms with van der Waals surface area (Å²) in [7, 11) is 0. The summed E-state index contributed by atoms with van der Waals surface area (Å²) in [6.07, 6.45) is 4.29. The van der Waals surface area contributed by atoms with E-state index in [1.807, 2.05) is 45.0 Å². The molecule has 1 saturated carbocycles. The number of fused-ring (bicyclic) bond motifs is 1. The van der Waals surface area contributed by atoms with Gasteiger partial charge in [-0.3, -0.25) is 28.8 Å². The van der Waals surface area contributed by atoms with Gasteiger partial charge < -0.3 is 19.9 Å². The lowest BCUT2D eigenvalue weighted by molar-refractivity contribution is -0.144. The summed E-state index contributed by atoms with van der Waals surface area (Å²) in [5, 5.41) is 16.7. The zero-order valence-electron chi connectivity index (χ0n) is 34.7. The monoisotopic (exact) mass is 803 g/mol. The second-order valence-electron chi connectivity index (χ2n) is 17.1. The number of tetrazole rings is 1. The highest BCUT2D eigenvalue weighted by atomic mass is 16.6. The van der Waals surface area contributed by atoms with Gasteiger partial charge in [0.25, 0.3) is 0 Å². The van der Waals surface area contributed by atoms with E-state index in [1.165, 1.54) is 10.5 Å². The van der Waals surface area contributed by atoms with Crippen LogP contribution in [0.5, 0.6) is 0 Å². The zero-order valence-corrected chi connectivity index (χ0v) is 34.7. The van der Waals surface area contributed by atoms with E-state index in [9.17, 15) is 33.6 Å². The molecule has 0 radical (unpaired) electrons. The minimum Gasteiger partial charge on any atom is -0.444 e. The van der Waals surface area contributed by atoms with E-state index >= 15 is 0 Å². The van der Waals surface area contributed by atoms with Gasteiger partial charge in [-0.15, -0.1) is 10.2 Å². The van der Waals surface area contributed by atoms with Crippen molar-refractivity contribution in [3.63, 3.8) is 0 Å². The molecule has 0 spiro atoms. The minimum atomic E-state index is -1.05. The SMILES string of the molecule is CCCC(CC(=O)[C@@H]1CC(OC(=O)N2CCc3ccccc3C2)CN1C(=O)[C@@H](NC(=O)[C@H](CC(=O)CCCCc1nn[nH]n1)C(C)C)C(C)C)C(=O)C(=O)CC1CC1. The Hall–Kier alpha value is -4.82. The number of benzene rings is 1. The molecule has 15 heteroatoms. The molecule has 0 bridgehead atoms. The molecule has 2 aromatic rings. The van der Waals surface area contributed by atoms with Gasteiger partial charge in [0.15, 0.2) is 17.4 Å². The molecule has 1 saturated heterocycles. The molecule has 316 valence electrons. The first-order chi connectivity index (χ1) is 27.7. The summed E-state index contributed by atoms with van der Waals surface area (Å²) in [5.41, 5.74) is 2.20. The fourth-order valence-electron chi connectivity index (χ4n) is 8.09. The average Bonchev–Trinajstić information content (AvgIpc) is 3.66. The van der Waals surface area contributed by atoms with Crippen molar-refractivity contribution in [3.05, 3.63) is 41.2 Å². The van der Waals surface area contributed by atoms with Crippen molar-refractivity contribution >= 4 is 41.0 Å². The van der Waals surface area contributed by atoms with E-state index in [-0.39, 0.29) is 62.1 Å². The number of hydrogen-bond acceptors (Lipinski definition) is 11. The Morgan fingerprint density at radius 1 is 0.966 bits per heavy atom. The van der Waals surface area contributed by atoms with Crippen molar-refractivity contribution in [2.24, 2.45) is 29.6 Å². The topological polar surface area (TPSA) is 202 Å². The number of nitrogens with zero attached hydrogens (tertiary/aromatic N) is 5. The molecule has 2 unspecified atom stereocenters. The average molecular weight is 804 g/mol. The van der Waals surface area contributed by atoms with E-state index < -0.39 is 65.4 Å². The lowest BCUT2D eigenvalue weighted by atomic mass is 9.87. The molecule has 15 nitrogen and oxygen atoms in total. The van der Waals surface area contributed by atoms with Crippen LogP contribution < -0.4 is 5.32 Å². The third kappa shape index (κ3) is 12.1. The van der Waals surface area contributed by atoms with Gasteiger partial charge in [-0.2, -0.15) is 5.21 Å². The normalized spacial score (nSPS) is 19.4. The number of amides is 3. The molecule has 3 aliphatic rings. The van der Waals surface area contributed by atoms with Crippen molar-refractivity contribution in [2.75, 3.05) is 13.1 Å².